The number of nitrogens with zero attached hydrogens (tertiary/aromatic N) is 1. The molecule has 0 saturated carbocycles. The summed E-state index contributed by atoms with van der Waals surface area (Å²) in [6.07, 6.45) is 0. The standard InChI is InChI=1S/C31H27ClN2O5/c32-25-14-11-22(12-15-25)19-34(29(35)20-37-26-9-5-2-6-10-26)30(24-7-3-1-4-8-24)31(36)33-18-23-13-16-27-28(17-23)39-21-38-27/h1-17,30H,18-21H2,(H,33,36)/t30-/m0/s1. The number of hydrogen-bond acceptors (Lipinski definition) is 5. The molecule has 0 aliphatic carbocycles. The molecule has 0 aromatic heterocycles. The van der Waals surface area contributed by atoms with E-state index in [1.54, 1.807) is 24.3 Å². The lowest BCUT2D eigenvalue weighted by Crippen LogP contribution is -2.45. The third-order valence-electron chi connectivity index (χ3n) is 6.27. The molecule has 2 amide bonds. The predicted molar refractivity (Wildman–Crippen MR) is 148 cm³/mol. The van der Waals surface area contributed by atoms with Crippen LogP contribution in [0.4, 0.5) is 0 Å². The maximum atomic E-state index is 13.8. The zero-order chi connectivity index (χ0) is 27.0. The van der Waals surface area contributed by atoms with Gasteiger partial charge in [0.1, 0.15) is 11.8 Å². The van der Waals surface area contributed by atoms with Crippen LogP contribution in [0.15, 0.2) is 103 Å². The Morgan fingerprint density at radius 1 is 0.846 bits per heavy atom. The summed E-state index contributed by atoms with van der Waals surface area (Å²) in [5.74, 6) is 1.23. The van der Waals surface area contributed by atoms with Gasteiger partial charge in [0.15, 0.2) is 18.1 Å². The average Bonchev–Trinajstić information content (AvgIpc) is 3.45. The smallest absolute Gasteiger partial charge is 0.261 e. The fourth-order valence-corrected chi connectivity index (χ4v) is 4.43. The molecule has 39 heavy (non-hydrogen) atoms. The molecule has 0 spiro atoms. The summed E-state index contributed by atoms with van der Waals surface area (Å²) in [4.78, 5) is 29.0. The van der Waals surface area contributed by atoms with Gasteiger partial charge in [0.05, 0.1) is 0 Å². The van der Waals surface area contributed by atoms with Gasteiger partial charge in [0, 0.05) is 18.1 Å². The molecule has 1 atom stereocenters. The Labute approximate surface area is 231 Å². The van der Waals surface area contributed by atoms with Crippen LogP contribution in [0, 0.1) is 0 Å². The van der Waals surface area contributed by atoms with Crippen molar-refractivity contribution in [2.75, 3.05) is 13.4 Å². The monoisotopic (exact) mass is 542 g/mol. The molecule has 0 fully saturated rings. The third kappa shape index (κ3) is 6.69. The van der Waals surface area contributed by atoms with Crippen LogP contribution in [0.25, 0.3) is 0 Å². The minimum Gasteiger partial charge on any atom is -0.484 e. The molecule has 1 aliphatic heterocycles. The molecule has 0 unspecified atom stereocenters. The zero-order valence-electron chi connectivity index (χ0n) is 21.1. The molecule has 0 saturated heterocycles. The second-order valence-electron chi connectivity index (χ2n) is 8.97. The molecular formula is C31H27ClN2O5. The Morgan fingerprint density at radius 2 is 1.51 bits per heavy atom. The van der Waals surface area contributed by atoms with Crippen LogP contribution >= 0.6 is 11.6 Å². The number of benzene rings is 4. The fraction of sp³-hybridized carbons (Fsp3) is 0.161. The minimum absolute atomic E-state index is 0.175. The summed E-state index contributed by atoms with van der Waals surface area (Å²) >= 11 is 6.09. The first-order valence-corrected chi connectivity index (χ1v) is 12.9. The van der Waals surface area contributed by atoms with Crippen molar-refractivity contribution >= 4 is 23.4 Å². The van der Waals surface area contributed by atoms with Gasteiger partial charge < -0.3 is 24.4 Å². The number of para-hydroxylation sites is 1. The van der Waals surface area contributed by atoms with E-state index in [1.165, 1.54) is 4.90 Å². The molecule has 1 aliphatic rings. The van der Waals surface area contributed by atoms with Crippen LogP contribution in [-0.2, 0) is 22.7 Å². The average molecular weight is 543 g/mol. The van der Waals surface area contributed by atoms with E-state index in [0.717, 1.165) is 11.1 Å². The van der Waals surface area contributed by atoms with Crippen LogP contribution in [0.5, 0.6) is 17.2 Å². The van der Waals surface area contributed by atoms with Gasteiger partial charge in [-0.1, -0.05) is 78.3 Å². The van der Waals surface area contributed by atoms with E-state index in [4.69, 9.17) is 25.8 Å². The maximum Gasteiger partial charge on any atom is 0.261 e. The molecule has 7 nitrogen and oxygen atoms in total. The first-order valence-electron chi connectivity index (χ1n) is 12.5. The molecule has 198 valence electrons. The van der Waals surface area contributed by atoms with Gasteiger partial charge in [0.2, 0.25) is 12.7 Å². The summed E-state index contributed by atoms with van der Waals surface area (Å²) in [6, 6.07) is 30.2. The van der Waals surface area contributed by atoms with E-state index < -0.39 is 6.04 Å². The lowest BCUT2D eigenvalue weighted by Gasteiger charge is -2.31. The number of halogens is 1. The highest BCUT2D eigenvalue weighted by Crippen LogP contribution is 2.32. The van der Waals surface area contributed by atoms with Crippen LogP contribution < -0.4 is 19.5 Å². The van der Waals surface area contributed by atoms with E-state index in [9.17, 15) is 9.59 Å². The van der Waals surface area contributed by atoms with Crippen molar-refractivity contribution in [3.63, 3.8) is 0 Å². The highest BCUT2D eigenvalue weighted by atomic mass is 35.5. The SMILES string of the molecule is O=C(NCc1ccc2c(c1)OCO2)[C@H](c1ccccc1)N(Cc1ccc(Cl)cc1)C(=O)COc1ccccc1. The molecule has 0 radical (unpaired) electrons. The number of carbonyl (C=O) groups is 2. The summed E-state index contributed by atoms with van der Waals surface area (Å²) < 4.78 is 16.6. The zero-order valence-corrected chi connectivity index (χ0v) is 21.8. The quantitative estimate of drug-likeness (QED) is 0.285. The molecule has 0 bridgehead atoms. The first kappa shape index (κ1) is 26.1. The van der Waals surface area contributed by atoms with E-state index >= 15 is 0 Å². The van der Waals surface area contributed by atoms with Crippen LogP contribution in [-0.4, -0.2) is 30.1 Å². The molecule has 1 heterocycles. The molecule has 8 heteroatoms. The number of fused-ring (bicyclic) bond motifs is 1. The normalized spacial score (nSPS) is 12.4. The Morgan fingerprint density at radius 3 is 2.26 bits per heavy atom. The van der Waals surface area contributed by atoms with E-state index in [-0.39, 0.29) is 38.3 Å². The van der Waals surface area contributed by atoms with Crippen LogP contribution in [0.1, 0.15) is 22.7 Å². The summed E-state index contributed by atoms with van der Waals surface area (Å²) in [5.41, 5.74) is 2.36. The number of hydrogen-bond donors (Lipinski definition) is 1. The number of rotatable bonds is 10. The topological polar surface area (TPSA) is 77.1 Å². The third-order valence-corrected chi connectivity index (χ3v) is 6.52. The number of nitrogens with one attached hydrogen (secondary N) is 1. The van der Waals surface area contributed by atoms with Crippen molar-refractivity contribution in [2.24, 2.45) is 0 Å². The van der Waals surface area contributed by atoms with Crippen molar-refractivity contribution in [1.82, 2.24) is 10.2 Å². The van der Waals surface area contributed by atoms with Gasteiger partial charge in [-0.3, -0.25) is 9.59 Å². The highest BCUT2D eigenvalue weighted by Gasteiger charge is 2.32. The Hall–Kier alpha value is -4.49. The van der Waals surface area contributed by atoms with Crippen molar-refractivity contribution < 1.29 is 23.8 Å². The largest absolute Gasteiger partial charge is 0.484 e. The van der Waals surface area contributed by atoms with Crippen molar-refractivity contribution in [2.45, 2.75) is 19.1 Å². The first-order chi connectivity index (χ1) is 19.1. The minimum atomic E-state index is -0.900. The fourth-order valence-electron chi connectivity index (χ4n) is 4.30. The summed E-state index contributed by atoms with van der Waals surface area (Å²) in [6.45, 7) is 0.387. The molecule has 1 N–H and O–H groups in total. The van der Waals surface area contributed by atoms with Crippen LogP contribution in [0.3, 0.4) is 0 Å². The maximum absolute atomic E-state index is 13.8. The molecule has 4 aromatic carbocycles. The van der Waals surface area contributed by atoms with Crippen molar-refractivity contribution in [3.8, 4) is 17.2 Å². The van der Waals surface area contributed by atoms with E-state index in [2.05, 4.69) is 5.32 Å². The van der Waals surface area contributed by atoms with Crippen LogP contribution in [0.2, 0.25) is 5.02 Å². The second kappa shape index (κ2) is 12.4. The molecule has 4 aromatic rings. The highest BCUT2D eigenvalue weighted by molar-refractivity contribution is 6.30. The van der Waals surface area contributed by atoms with Gasteiger partial charge in [-0.05, 0) is 53.1 Å². The predicted octanol–water partition coefficient (Wildman–Crippen LogP) is 5.53. The van der Waals surface area contributed by atoms with Crippen molar-refractivity contribution in [1.29, 1.82) is 0 Å². The molecular weight excluding hydrogens is 516 g/mol. The lowest BCUT2D eigenvalue weighted by molar-refractivity contribution is -0.143. The van der Waals surface area contributed by atoms with Gasteiger partial charge in [-0.15, -0.1) is 0 Å². The summed E-state index contributed by atoms with van der Waals surface area (Å²) in [7, 11) is 0. The van der Waals surface area contributed by atoms with Gasteiger partial charge >= 0.3 is 0 Å². The number of carbonyl (C=O) groups excluding carboxylic acids is 2. The summed E-state index contributed by atoms with van der Waals surface area (Å²) in [5, 5.41) is 3.59. The second-order valence-corrected chi connectivity index (χ2v) is 9.40. The van der Waals surface area contributed by atoms with E-state index in [0.29, 0.717) is 27.8 Å². The molecule has 5 rings (SSSR count). The van der Waals surface area contributed by atoms with Crippen molar-refractivity contribution in [3.05, 3.63) is 125 Å². The van der Waals surface area contributed by atoms with Gasteiger partial charge in [-0.25, -0.2) is 0 Å². The Balaban J connectivity index is 1.41. The van der Waals surface area contributed by atoms with Gasteiger partial charge in [-0.2, -0.15) is 0 Å². The Kier molecular flexibility index (Phi) is 8.29. The lowest BCUT2D eigenvalue weighted by atomic mass is 10.0. The van der Waals surface area contributed by atoms with E-state index in [1.807, 2.05) is 78.9 Å². The number of amides is 2. The van der Waals surface area contributed by atoms with Gasteiger partial charge in [0.25, 0.3) is 5.91 Å². The number of ether oxygens (including phenoxy) is 3. The Bertz CT molecular complexity index is 1410.